The van der Waals surface area contributed by atoms with Gasteiger partial charge in [-0.1, -0.05) is 45.0 Å². The van der Waals surface area contributed by atoms with Crippen molar-refractivity contribution in [1.29, 1.82) is 5.26 Å². The topological polar surface area (TPSA) is 91.0 Å². The van der Waals surface area contributed by atoms with Crippen LogP contribution in [0.3, 0.4) is 0 Å². The van der Waals surface area contributed by atoms with E-state index in [-0.39, 0.29) is 17.9 Å². The lowest BCUT2D eigenvalue weighted by Gasteiger charge is -2.24. The van der Waals surface area contributed by atoms with Crippen molar-refractivity contribution in [2.24, 2.45) is 0 Å². The molecule has 0 aliphatic carbocycles. The van der Waals surface area contributed by atoms with Gasteiger partial charge in [-0.25, -0.2) is 4.79 Å². The Morgan fingerprint density at radius 2 is 1.85 bits per heavy atom. The number of amides is 3. The monoisotopic (exact) mass is 365 g/mol. The van der Waals surface area contributed by atoms with Crippen LogP contribution in [0.4, 0.5) is 4.79 Å². The predicted molar refractivity (Wildman–Crippen MR) is 99.7 cm³/mol. The highest BCUT2D eigenvalue weighted by atomic mass is 16.2. The molecule has 2 aromatic rings. The molecule has 1 fully saturated rings. The number of carbonyl (C=O) groups excluding carboxylic acids is 2. The number of imide groups is 1. The number of hydrogen-bond donors (Lipinski definition) is 1. The van der Waals surface area contributed by atoms with E-state index in [9.17, 15) is 9.59 Å². The summed E-state index contributed by atoms with van der Waals surface area (Å²) in [4.78, 5) is 26.6. The summed E-state index contributed by atoms with van der Waals surface area (Å²) < 4.78 is 1.55. The third kappa shape index (κ3) is 3.43. The molecular weight excluding hydrogens is 342 g/mol. The molecule has 1 aromatic carbocycles. The van der Waals surface area contributed by atoms with Gasteiger partial charge in [0.1, 0.15) is 11.6 Å². The Morgan fingerprint density at radius 1 is 1.19 bits per heavy atom. The number of rotatable bonds is 4. The fraction of sp³-hybridized carbons (Fsp3) is 0.400. The van der Waals surface area contributed by atoms with E-state index < -0.39 is 11.6 Å². The van der Waals surface area contributed by atoms with E-state index in [1.54, 1.807) is 17.8 Å². The summed E-state index contributed by atoms with van der Waals surface area (Å²) >= 11 is 0. The normalized spacial score (nSPS) is 19.9. The first-order valence-electron chi connectivity index (χ1n) is 8.83. The Balaban J connectivity index is 1.76. The van der Waals surface area contributed by atoms with Crippen LogP contribution in [0, 0.1) is 11.3 Å². The molecule has 1 aliphatic heterocycles. The molecule has 0 unspecified atom stereocenters. The molecule has 1 atom stereocenters. The lowest BCUT2D eigenvalue weighted by Crippen LogP contribution is -2.41. The molecule has 7 heteroatoms. The van der Waals surface area contributed by atoms with Crippen molar-refractivity contribution in [3.63, 3.8) is 0 Å². The summed E-state index contributed by atoms with van der Waals surface area (Å²) in [6.45, 7) is 8.62. The van der Waals surface area contributed by atoms with Crippen LogP contribution in [-0.2, 0) is 22.3 Å². The zero-order valence-electron chi connectivity index (χ0n) is 16.0. The third-order valence-electron chi connectivity index (χ3n) is 4.92. The van der Waals surface area contributed by atoms with Gasteiger partial charge in [0.05, 0.1) is 24.8 Å². The molecule has 140 valence electrons. The maximum absolute atomic E-state index is 13.0. The number of hydrogen-bond acceptors (Lipinski definition) is 4. The average molecular weight is 365 g/mol. The Labute approximate surface area is 158 Å². The van der Waals surface area contributed by atoms with Gasteiger partial charge in [0, 0.05) is 6.20 Å². The highest BCUT2D eigenvalue weighted by Gasteiger charge is 2.48. The summed E-state index contributed by atoms with van der Waals surface area (Å²) in [5, 5.41) is 15.7. The summed E-state index contributed by atoms with van der Waals surface area (Å²) in [7, 11) is 0. The van der Waals surface area contributed by atoms with E-state index in [4.69, 9.17) is 5.26 Å². The van der Waals surface area contributed by atoms with E-state index in [0.29, 0.717) is 12.1 Å². The maximum Gasteiger partial charge on any atom is 0.325 e. The highest BCUT2D eigenvalue weighted by Crippen LogP contribution is 2.31. The first-order valence-corrected chi connectivity index (χ1v) is 8.83. The minimum absolute atomic E-state index is 0.0143. The maximum atomic E-state index is 13.0. The second kappa shape index (κ2) is 6.54. The quantitative estimate of drug-likeness (QED) is 0.843. The van der Waals surface area contributed by atoms with Crippen LogP contribution in [-0.4, -0.2) is 33.2 Å². The van der Waals surface area contributed by atoms with Crippen molar-refractivity contribution in [3.8, 4) is 6.07 Å². The minimum atomic E-state index is -1.09. The number of nitriles is 1. The van der Waals surface area contributed by atoms with Crippen molar-refractivity contribution in [2.45, 2.75) is 45.2 Å². The van der Waals surface area contributed by atoms with Gasteiger partial charge >= 0.3 is 6.03 Å². The van der Waals surface area contributed by atoms with Crippen LogP contribution < -0.4 is 5.32 Å². The van der Waals surface area contributed by atoms with Gasteiger partial charge < -0.3 is 5.32 Å². The summed E-state index contributed by atoms with van der Waals surface area (Å²) in [5.41, 5.74) is 1.28. The molecule has 1 aliphatic rings. The molecule has 3 rings (SSSR count). The Hall–Kier alpha value is -3.14. The van der Waals surface area contributed by atoms with E-state index in [2.05, 4.69) is 31.2 Å². The van der Waals surface area contributed by atoms with Crippen LogP contribution in [0.1, 0.15) is 44.4 Å². The van der Waals surface area contributed by atoms with Gasteiger partial charge in [-0.3, -0.25) is 14.4 Å². The Bertz CT molecular complexity index is 917. The molecule has 0 bridgehead atoms. The van der Waals surface area contributed by atoms with E-state index >= 15 is 0 Å². The Morgan fingerprint density at radius 3 is 2.41 bits per heavy atom. The molecule has 3 amide bonds. The van der Waals surface area contributed by atoms with Crippen molar-refractivity contribution in [2.75, 3.05) is 6.54 Å². The molecule has 1 saturated heterocycles. The second-order valence-corrected chi connectivity index (χ2v) is 7.94. The fourth-order valence-electron chi connectivity index (χ4n) is 3.15. The molecule has 0 spiro atoms. The van der Waals surface area contributed by atoms with Gasteiger partial charge in [-0.15, -0.1) is 0 Å². The molecule has 1 N–H and O–H groups in total. The summed E-state index contributed by atoms with van der Waals surface area (Å²) in [6.07, 6.45) is 3.04. The molecule has 0 radical (unpaired) electrons. The molecular formula is C20H23N5O2. The smallest absolute Gasteiger partial charge is 0.319 e. The van der Waals surface area contributed by atoms with Crippen molar-refractivity contribution in [3.05, 3.63) is 53.3 Å². The van der Waals surface area contributed by atoms with E-state index in [1.807, 2.05) is 30.3 Å². The second-order valence-electron chi connectivity index (χ2n) is 7.94. The average Bonchev–Trinajstić information content (AvgIpc) is 3.16. The first kappa shape index (κ1) is 18.6. The summed E-state index contributed by atoms with van der Waals surface area (Å²) in [5.74, 6) is -0.288. The van der Waals surface area contributed by atoms with Gasteiger partial charge in [-0.05, 0) is 23.5 Å². The van der Waals surface area contributed by atoms with Crippen molar-refractivity contribution < 1.29 is 9.59 Å². The van der Waals surface area contributed by atoms with Crippen molar-refractivity contribution >= 4 is 11.9 Å². The van der Waals surface area contributed by atoms with Gasteiger partial charge in [0.25, 0.3) is 5.91 Å². The van der Waals surface area contributed by atoms with Gasteiger partial charge in [0.15, 0.2) is 0 Å². The largest absolute Gasteiger partial charge is 0.325 e. The van der Waals surface area contributed by atoms with Gasteiger partial charge in [-0.2, -0.15) is 10.4 Å². The number of benzene rings is 1. The van der Waals surface area contributed by atoms with E-state index in [1.165, 1.54) is 11.1 Å². The number of nitrogens with one attached hydrogen (secondary N) is 1. The lowest BCUT2D eigenvalue weighted by atomic mass is 9.84. The molecule has 7 nitrogen and oxygen atoms in total. The SMILES string of the molecule is CC(C)(C)c1ccc([C@@]2(C)NC(=O)N(CCn3cc(C#N)cn3)C2=O)cc1. The zero-order chi connectivity index (χ0) is 19.8. The number of aromatic nitrogens is 2. The zero-order valence-corrected chi connectivity index (χ0v) is 16.0. The van der Waals surface area contributed by atoms with E-state index in [0.717, 1.165) is 11.1 Å². The molecule has 2 heterocycles. The molecule has 0 saturated carbocycles. The minimum Gasteiger partial charge on any atom is -0.319 e. The molecule has 27 heavy (non-hydrogen) atoms. The van der Waals surface area contributed by atoms with Crippen LogP contribution in [0.5, 0.6) is 0 Å². The number of urea groups is 1. The number of carbonyl (C=O) groups is 2. The fourth-order valence-corrected chi connectivity index (χ4v) is 3.15. The van der Waals surface area contributed by atoms with Crippen LogP contribution >= 0.6 is 0 Å². The first-order chi connectivity index (χ1) is 12.6. The Kier molecular flexibility index (Phi) is 4.52. The highest BCUT2D eigenvalue weighted by molar-refractivity contribution is 6.07. The lowest BCUT2D eigenvalue weighted by molar-refractivity contribution is -0.131. The molecule has 1 aromatic heterocycles. The van der Waals surface area contributed by atoms with Crippen molar-refractivity contribution in [1.82, 2.24) is 20.0 Å². The summed E-state index contributed by atoms with van der Waals surface area (Å²) in [6, 6.07) is 9.37. The number of nitrogens with zero attached hydrogens (tertiary/aromatic N) is 4. The predicted octanol–water partition coefficient (Wildman–Crippen LogP) is 2.52. The standard InChI is InChI=1S/C20H23N5O2/c1-19(2,3)15-5-7-16(8-6-15)20(4)17(26)25(18(27)23-20)10-9-24-13-14(11-21)12-22-24/h5-8,12-13H,9-10H2,1-4H3,(H,23,27)/t20-/m1/s1. The van der Waals surface area contributed by atoms with Crippen LogP contribution in [0.2, 0.25) is 0 Å². The third-order valence-corrected chi connectivity index (χ3v) is 4.92. The van der Waals surface area contributed by atoms with Gasteiger partial charge in [0.2, 0.25) is 0 Å². The van der Waals surface area contributed by atoms with Crippen LogP contribution in [0.15, 0.2) is 36.7 Å². The van der Waals surface area contributed by atoms with Crippen LogP contribution in [0.25, 0.3) is 0 Å².